The van der Waals surface area contributed by atoms with Gasteiger partial charge in [-0.05, 0) is 0 Å². The minimum atomic E-state index is -2.62. The fraction of sp³-hybridized carbons (Fsp3) is 1.00. The van der Waals surface area contributed by atoms with Crippen LogP contribution in [0.4, 0.5) is 0 Å². The molecule has 0 aliphatic heterocycles. The number of nitrogens with one attached hydrogen (secondary N) is 1. The first-order chi connectivity index (χ1) is 4.86. The normalized spacial score (nSPS) is 10.4. The van der Waals surface area contributed by atoms with Crippen molar-refractivity contribution >= 4 is 8.60 Å². The van der Waals surface area contributed by atoms with Crippen molar-refractivity contribution in [2.75, 3.05) is 0 Å². The lowest BCUT2D eigenvalue weighted by Crippen LogP contribution is -2.29. The highest BCUT2D eigenvalue weighted by atomic mass is 31.2. The van der Waals surface area contributed by atoms with Gasteiger partial charge in [0.05, 0.1) is 0 Å². The predicted octanol–water partition coefficient (Wildman–Crippen LogP) is 0.583. The summed E-state index contributed by atoms with van der Waals surface area (Å²) in [5.41, 5.74) is 0. The Morgan fingerprint density at radius 2 is 1.09 bits per heavy atom. The van der Waals surface area contributed by atoms with Gasteiger partial charge in [0.25, 0.3) is 0 Å². The lowest BCUT2D eigenvalue weighted by Gasteiger charge is -2.10. The zero-order chi connectivity index (χ0) is 9.44. The first-order valence-corrected chi connectivity index (χ1v) is 4.69. The van der Waals surface area contributed by atoms with Crippen molar-refractivity contribution < 1.29 is 14.7 Å². The smallest absolute Gasteiger partial charge is 0.324 e. The van der Waals surface area contributed by atoms with Crippen molar-refractivity contribution in [3.63, 3.8) is 0 Å². The topological polar surface area (TPSA) is 72.7 Å². The minimum Gasteiger partial charge on any atom is -0.328 e. The van der Waals surface area contributed by atoms with Gasteiger partial charge < -0.3 is 20.0 Å². The molecule has 0 heterocycles. The Labute approximate surface area is 69.3 Å². The molecule has 0 saturated carbocycles. The Bertz CT molecular complexity index is 69.5. The van der Waals surface area contributed by atoms with E-state index in [-0.39, 0.29) is 0 Å². The summed E-state index contributed by atoms with van der Waals surface area (Å²) in [5, 5.41) is 3.31. The zero-order valence-corrected chi connectivity index (χ0v) is 8.34. The van der Waals surface area contributed by atoms with Crippen molar-refractivity contribution in [1.29, 1.82) is 0 Å². The molecule has 4 N–H and O–H groups in total. The highest BCUT2D eigenvalue weighted by molar-refractivity contribution is 7.38. The first kappa shape index (κ1) is 13.8. The Kier molecular flexibility index (Phi) is 10.5. The molecule has 0 unspecified atom stereocenters. The van der Waals surface area contributed by atoms with Gasteiger partial charge in [0.1, 0.15) is 0 Å². The van der Waals surface area contributed by atoms with Crippen LogP contribution in [-0.4, -0.2) is 26.8 Å². The Morgan fingerprint density at radius 1 is 0.909 bits per heavy atom. The van der Waals surface area contributed by atoms with Crippen molar-refractivity contribution in [2.45, 2.75) is 39.8 Å². The molecule has 0 aromatic carbocycles. The van der Waals surface area contributed by atoms with Gasteiger partial charge in [0, 0.05) is 12.1 Å². The summed E-state index contributed by atoms with van der Waals surface area (Å²) >= 11 is 0. The second-order valence-electron chi connectivity index (χ2n) is 2.74. The van der Waals surface area contributed by atoms with Crippen molar-refractivity contribution in [3.8, 4) is 0 Å². The van der Waals surface area contributed by atoms with Crippen LogP contribution in [0.1, 0.15) is 27.7 Å². The molecule has 0 aromatic heterocycles. The van der Waals surface area contributed by atoms with Crippen LogP contribution in [0.25, 0.3) is 0 Å². The lowest BCUT2D eigenvalue weighted by atomic mass is 10.3. The van der Waals surface area contributed by atoms with Crippen LogP contribution >= 0.6 is 8.60 Å². The van der Waals surface area contributed by atoms with E-state index in [0.717, 1.165) is 0 Å². The molecule has 0 radical (unpaired) electrons. The maximum absolute atomic E-state index is 7.23. The van der Waals surface area contributed by atoms with Crippen LogP contribution in [0.15, 0.2) is 0 Å². The number of hydrogen-bond acceptors (Lipinski definition) is 4. The molecular weight excluding hydrogens is 165 g/mol. The van der Waals surface area contributed by atoms with Crippen molar-refractivity contribution in [3.05, 3.63) is 0 Å². The summed E-state index contributed by atoms with van der Waals surface area (Å²) < 4.78 is 0. The maximum Gasteiger partial charge on any atom is 0.324 e. The summed E-state index contributed by atoms with van der Waals surface area (Å²) in [6.45, 7) is 8.61. The van der Waals surface area contributed by atoms with Gasteiger partial charge in [-0.15, -0.1) is 0 Å². The molecule has 4 nitrogen and oxygen atoms in total. The summed E-state index contributed by atoms with van der Waals surface area (Å²) in [6, 6.07) is 1.25. The molecule has 11 heavy (non-hydrogen) atoms. The molecule has 0 amide bonds. The summed E-state index contributed by atoms with van der Waals surface area (Å²) in [6.07, 6.45) is 0. The van der Waals surface area contributed by atoms with Crippen LogP contribution in [0.5, 0.6) is 0 Å². The van der Waals surface area contributed by atoms with E-state index in [0.29, 0.717) is 12.1 Å². The van der Waals surface area contributed by atoms with Gasteiger partial charge >= 0.3 is 8.60 Å². The van der Waals surface area contributed by atoms with Gasteiger partial charge in [0.2, 0.25) is 0 Å². The van der Waals surface area contributed by atoms with Crippen LogP contribution < -0.4 is 5.32 Å². The standard InChI is InChI=1S/C6H15N.H3O3P/c1-5(2)7-6(3)4;1-4(2)3/h5-7H,1-4H3;1-3H. The van der Waals surface area contributed by atoms with Crippen LogP contribution in [0, 0.1) is 0 Å². The average Bonchev–Trinajstić information content (AvgIpc) is 1.56. The summed E-state index contributed by atoms with van der Waals surface area (Å²) in [7, 11) is -2.62. The van der Waals surface area contributed by atoms with E-state index in [1.165, 1.54) is 0 Å². The molecule has 0 spiro atoms. The molecule has 5 heteroatoms. The van der Waals surface area contributed by atoms with Crippen LogP contribution in [0.3, 0.4) is 0 Å². The highest BCUT2D eigenvalue weighted by Gasteiger charge is 1.92. The molecule has 0 atom stereocenters. The van der Waals surface area contributed by atoms with E-state index < -0.39 is 8.60 Å². The fourth-order valence-corrected chi connectivity index (χ4v) is 0.667. The van der Waals surface area contributed by atoms with E-state index in [2.05, 4.69) is 33.0 Å². The fourth-order valence-electron chi connectivity index (χ4n) is 0.667. The van der Waals surface area contributed by atoms with Gasteiger partial charge in [-0.25, -0.2) is 0 Å². The molecule has 0 saturated heterocycles. The third-order valence-electron chi connectivity index (χ3n) is 0.667. The van der Waals surface area contributed by atoms with Crippen LogP contribution in [0.2, 0.25) is 0 Å². The Balaban J connectivity index is 0. The van der Waals surface area contributed by atoms with E-state index in [1.807, 2.05) is 0 Å². The van der Waals surface area contributed by atoms with Crippen LogP contribution in [-0.2, 0) is 0 Å². The highest BCUT2D eigenvalue weighted by Crippen LogP contribution is 2.11. The zero-order valence-electron chi connectivity index (χ0n) is 7.44. The average molecular weight is 183 g/mol. The van der Waals surface area contributed by atoms with E-state index in [1.54, 1.807) is 0 Å². The third kappa shape index (κ3) is 38.5. The molecule has 0 aliphatic carbocycles. The van der Waals surface area contributed by atoms with E-state index in [9.17, 15) is 0 Å². The monoisotopic (exact) mass is 183 g/mol. The van der Waals surface area contributed by atoms with Gasteiger partial charge in [-0.3, -0.25) is 0 Å². The molecule has 0 rings (SSSR count). The molecule has 0 aliphatic rings. The molecule has 70 valence electrons. The summed E-state index contributed by atoms with van der Waals surface area (Å²) in [4.78, 5) is 21.7. The van der Waals surface area contributed by atoms with E-state index in [4.69, 9.17) is 14.7 Å². The third-order valence-corrected chi connectivity index (χ3v) is 0.667. The quantitative estimate of drug-likeness (QED) is 0.472. The Morgan fingerprint density at radius 3 is 1.09 bits per heavy atom. The summed E-state index contributed by atoms with van der Waals surface area (Å²) in [5.74, 6) is 0. The lowest BCUT2D eigenvalue weighted by molar-refractivity contribution is 0.368. The molecule has 0 fully saturated rings. The maximum atomic E-state index is 7.23. The molecular formula is C6H18NO3P. The van der Waals surface area contributed by atoms with Crippen molar-refractivity contribution in [2.24, 2.45) is 0 Å². The van der Waals surface area contributed by atoms with Gasteiger partial charge in [-0.2, -0.15) is 0 Å². The second kappa shape index (κ2) is 8.37. The predicted molar refractivity (Wildman–Crippen MR) is 47.0 cm³/mol. The van der Waals surface area contributed by atoms with E-state index >= 15 is 0 Å². The largest absolute Gasteiger partial charge is 0.328 e. The van der Waals surface area contributed by atoms with Gasteiger partial charge in [0.15, 0.2) is 0 Å². The minimum absolute atomic E-state index is 0.625. The number of rotatable bonds is 2. The van der Waals surface area contributed by atoms with Gasteiger partial charge in [-0.1, -0.05) is 27.7 Å². The SMILES string of the molecule is CC(C)NC(C)C.OP(O)O. The molecule has 0 bridgehead atoms. The number of hydrogen-bond donors (Lipinski definition) is 4. The first-order valence-electron chi connectivity index (χ1n) is 3.49. The van der Waals surface area contributed by atoms with Crippen molar-refractivity contribution in [1.82, 2.24) is 5.32 Å². The second-order valence-corrected chi connectivity index (χ2v) is 3.28. The molecule has 0 aromatic rings. The Hall–Kier alpha value is 0.270.